The summed E-state index contributed by atoms with van der Waals surface area (Å²) in [5, 5.41) is 6.70. The summed E-state index contributed by atoms with van der Waals surface area (Å²) in [4.78, 5) is 4.43. The Labute approximate surface area is 158 Å². The van der Waals surface area contributed by atoms with Crippen molar-refractivity contribution in [1.82, 2.24) is 15.4 Å². The maximum absolute atomic E-state index is 11.0. The van der Waals surface area contributed by atoms with E-state index in [0.29, 0.717) is 19.1 Å². The summed E-state index contributed by atoms with van der Waals surface area (Å²) in [6.45, 7) is 8.20. The van der Waals surface area contributed by atoms with Crippen LogP contribution in [0.5, 0.6) is 0 Å². The third-order valence-electron chi connectivity index (χ3n) is 4.15. The first-order chi connectivity index (χ1) is 10.3. The van der Waals surface area contributed by atoms with Gasteiger partial charge < -0.3 is 10.6 Å². The van der Waals surface area contributed by atoms with E-state index in [1.807, 2.05) is 6.92 Å². The number of nitrogens with one attached hydrogen (secondary N) is 3. The minimum Gasteiger partial charge on any atom is -0.357 e. The SMILES string of the molecule is CCNC(=NCCNS(C)(=O)=O)NC1CCC(C(C)C)CC1.I. The molecule has 0 spiro atoms. The van der Waals surface area contributed by atoms with E-state index in [4.69, 9.17) is 0 Å². The number of rotatable bonds is 7. The number of guanidine groups is 1. The fourth-order valence-electron chi connectivity index (χ4n) is 2.84. The van der Waals surface area contributed by atoms with Crippen molar-refractivity contribution in [2.24, 2.45) is 16.8 Å². The molecule has 0 bridgehead atoms. The molecule has 0 atom stereocenters. The number of nitrogens with zero attached hydrogens (tertiary/aromatic N) is 1. The molecule has 0 saturated heterocycles. The van der Waals surface area contributed by atoms with Crippen molar-refractivity contribution in [3.05, 3.63) is 0 Å². The third kappa shape index (κ3) is 10.4. The standard InChI is InChI=1S/C15H32N4O2S.HI/c1-5-16-15(17-10-11-18-22(4,20)21)19-14-8-6-13(7-9-14)12(2)3;/h12-14,18H,5-11H2,1-4H3,(H2,16,17,19);1H. The van der Waals surface area contributed by atoms with Crippen LogP contribution in [0, 0.1) is 11.8 Å². The van der Waals surface area contributed by atoms with Gasteiger partial charge in [-0.15, -0.1) is 24.0 Å². The van der Waals surface area contributed by atoms with Crippen LogP contribution < -0.4 is 15.4 Å². The van der Waals surface area contributed by atoms with E-state index in [2.05, 4.69) is 34.2 Å². The Morgan fingerprint density at radius 2 is 1.83 bits per heavy atom. The number of halogens is 1. The highest BCUT2D eigenvalue weighted by Crippen LogP contribution is 2.29. The maximum Gasteiger partial charge on any atom is 0.208 e. The highest BCUT2D eigenvalue weighted by atomic mass is 127. The van der Waals surface area contributed by atoms with Gasteiger partial charge in [-0.1, -0.05) is 13.8 Å². The van der Waals surface area contributed by atoms with Crippen molar-refractivity contribution in [1.29, 1.82) is 0 Å². The largest absolute Gasteiger partial charge is 0.357 e. The summed E-state index contributed by atoms with van der Waals surface area (Å²) in [7, 11) is -3.14. The molecule has 3 N–H and O–H groups in total. The van der Waals surface area contributed by atoms with E-state index in [9.17, 15) is 8.42 Å². The fourth-order valence-corrected chi connectivity index (χ4v) is 3.30. The van der Waals surface area contributed by atoms with Crippen molar-refractivity contribution >= 4 is 40.0 Å². The van der Waals surface area contributed by atoms with Gasteiger partial charge in [0.1, 0.15) is 0 Å². The molecule has 1 fully saturated rings. The molecule has 138 valence electrons. The molecule has 1 saturated carbocycles. The van der Waals surface area contributed by atoms with Crippen LogP contribution in [0.25, 0.3) is 0 Å². The van der Waals surface area contributed by atoms with Crippen molar-refractivity contribution in [2.45, 2.75) is 52.5 Å². The Kier molecular flexibility index (Phi) is 11.4. The highest BCUT2D eigenvalue weighted by Gasteiger charge is 2.23. The van der Waals surface area contributed by atoms with Crippen molar-refractivity contribution in [3.63, 3.8) is 0 Å². The van der Waals surface area contributed by atoms with Gasteiger partial charge in [0.2, 0.25) is 10.0 Å². The number of aliphatic imine (C=N–C) groups is 1. The first-order valence-corrected chi connectivity index (χ1v) is 10.2. The topological polar surface area (TPSA) is 82.6 Å². The van der Waals surface area contributed by atoms with Gasteiger partial charge in [-0.2, -0.15) is 0 Å². The van der Waals surface area contributed by atoms with Gasteiger partial charge in [0.05, 0.1) is 12.8 Å². The average molecular weight is 460 g/mol. The Balaban J connectivity index is 0.00000484. The Hall–Kier alpha value is -0.0900. The van der Waals surface area contributed by atoms with Crippen LogP contribution in [-0.2, 0) is 10.0 Å². The highest BCUT2D eigenvalue weighted by molar-refractivity contribution is 14.0. The van der Waals surface area contributed by atoms with Crippen molar-refractivity contribution in [2.75, 3.05) is 25.9 Å². The molecule has 0 aromatic heterocycles. The van der Waals surface area contributed by atoms with E-state index >= 15 is 0 Å². The zero-order valence-electron chi connectivity index (χ0n) is 14.8. The zero-order chi connectivity index (χ0) is 16.6. The molecule has 0 amide bonds. The van der Waals surface area contributed by atoms with Crippen LogP contribution in [-0.4, -0.2) is 46.3 Å². The van der Waals surface area contributed by atoms with Crippen LogP contribution >= 0.6 is 24.0 Å². The maximum atomic E-state index is 11.0. The van der Waals surface area contributed by atoms with Gasteiger partial charge in [-0.25, -0.2) is 13.1 Å². The molecular formula is C15H33IN4O2S. The predicted molar refractivity (Wildman–Crippen MR) is 108 cm³/mol. The van der Waals surface area contributed by atoms with Crippen molar-refractivity contribution < 1.29 is 8.42 Å². The summed E-state index contributed by atoms with van der Waals surface area (Å²) < 4.78 is 24.5. The van der Waals surface area contributed by atoms with Gasteiger partial charge in [0, 0.05) is 19.1 Å². The molecule has 0 aliphatic heterocycles. The predicted octanol–water partition coefficient (Wildman–Crippen LogP) is 1.92. The molecule has 0 heterocycles. The lowest BCUT2D eigenvalue weighted by molar-refractivity contribution is 0.250. The molecule has 6 nitrogen and oxygen atoms in total. The minimum absolute atomic E-state index is 0. The fraction of sp³-hybridized carbons (Fsp3) is 0.933. The zero-order valence-corrected chi connectivity index (χ0v) is 17.9. The second kappa shape index (κ2) is 11.5. The molecular weight excluding hydrogens is 427 g/mol. The second-order valence-electron chi connectivity index (χ2n) is 6.43. The average Bonchev–Trinajstić information content (AvgIpc) is 2.43. The lowest BCUT2D eigenvalue weighted by Crippen LogP contribution is -2.45. The molecule has 8 heteroatoms. The van der Waals surface area contributed by atoms with Crippen LogP contribution in [0.15, 0.2) is 4.99 Å². The number of hydrogen-bond donors (Lipinski definition) is 3. The first-order valence-electron chi connectivity index (χ1n) is 8.31. The number of hydrogen-bond acceptors (Lipinski definition) is 3. The van der Waals surface area contributed by atoms with Crippen LogP contribution in [0.3, 0.4) is 0 Å². The molecule has 1 aliphatic rings. The second-order valence-corrected chi connectivity index (χ2v) is 8.26. The van der Waals surface area contributed by atoms with E-state index in [1.165, 1.54) is 25.7 Å². The third-order valence-corrected chi connectivity index (χ3v) is 4.87. The normalized spacial score (nSPS) is 22.6. The Bertz CT molecular complexity index is 446. The van der Waals surface area contributed by atoms with Crippen LogP contribution in [0.1, 0.15) is 46.5 Å². The van der Waals surface area contributed by atoms with E-state index in [1.54, 1.807) is 0 Å². The van der Waals surface area contributed by atoms with Gasteiger partial charge >= 0.3 is 0 Å². The minimum atomic E-state index is -3.14. The summed E-state index contributed by atoms with van der Waals surface area (Å²) in [5.74, 6) is 2.40. The molecule has 1 aliphatic carbocycles. The van der Waals surface area contributed by atoms with E-state index in [-0.39, 0.29) is 24.0 Å². The molecule has 0 aromatic carbocycles. The lowest BCUT2D eigenvalue weighted by atomic mass is 9.80. The molecule has 0 radical (unpaired) electrons. The molecule has 0 aromatic rings. The quantitative estimate of drug-likeness (QED) is 0.235. The summed E-state index contributed by atoms with van der Waals surface area (Å²) in [5.41, 5.74) is 0. The lowest BCUT2D eigenvalue weighted by Gasteiger charge is -2.32. The summed E-state index contributed by atoms with van der Waals surface area (Å²) >= 11 is 0. The van der Waals surface area contributed by atoms with Crippen molar-refractivity contribution in [3.8, 4) is 0 Å². The smallest absolute Gasteiger partial charge is 0.208 e. The Morgan fingerprint density at radius 3 is 2.30 bits per heavy atom. The molecule has 0 unspecified atom stereocenters. The summed E-state index contributed by atoms with van der Waals surface area (Å²) in [6, 6.07) is 0.468. The Morgan fingerprint density at radius 1 is 1.22 bits per heavy atom. The van der Waals surface area contributed by atoms with Crippen LogP contribution in [0.4, 0.5) is 0 Å². The molecule has 1 rings (SSSR count). The monoisotopic (exact) mass is 460 g/mol. The van der Waals surface area contributed by atoms with E-state index in [0.717, 1.165) is 30.6 Å². The van der Waals surface area contributed by atoms with Gasteiger partial charge in [-0.05, 0) is 44.4 Å². The molecule has 23 heavy (non-hydrogen) atoms. The van der Waals surface area contributed by atoms with Gasteiger partial charge in [-0.3, -0.25) is 4.99 Å². The summed E-state index contributed by atoms with van der Waals surface area (Å²) in [6.07, 6.45) is 6.05. The van der Waals surface area contributed by atoms with E-state index < -0.39 is 10.0 Å². The van der Waals surface area contributed by atoms with Gasteiger partial charge in [0.25, 0.3) is 0 Å². The first kappa shape index (κ1) is 22.9. The van der Waals surface area contributed by atoms with Crippen LogP contribution in [0.2, 0.25) is 0 Å². The van der Waals surface area contributed by atoms with Gasteiger partial charge in [0.15, 0.2) is 5.96 Å². The number of sulfonamides is 1.